The Morgan fingerprint density at radius 3 is 2.78 bits per heavy atom. The van der Waals surface area contributed by atoms with Gasteiger partial charge in [0, 0.05) is 6.04 Å². The number of nitrogens with one attached hydrogen (secondary N) is 1. The Morgan fingerprint density at radius 1 is 1.22 bits per heavy atom. The molecule has 1 aromatic rings. The van der Waals surface area contributed by atoms with Crippen LogP contribution < -0.4 is 14.8 Å². The molecule has 1 atom stereocenters. The van der Waals surface area contributed by atoms with Gasteiger partial charge in [0.05, 0.1) is 13.7 Å². The van der Waals surface area contributed by atoms with Crippen molar-refractivity contribution in [2.75, 3.05) is 20.3 Å². The molecule has 1 heterocycles. The number of methoxy groups -OCH3 is 1. The average molecular weight is 247 g/mol. The summed E-state index contributed by atoms with van der Waals surface area (Å²) in [5.41, 5.74) is 1.31. The van der Waals surface area contributed by atoms with Crippen LogP contribution in [0.15, 0.2) is 18.2 Å². The van der Waals surface area contributed by atoms with Crippen molar-refractivity contribution in [2.45, 2.75) is 31.7 Å². The van der Waals surface area contributed by atoms with E-state index in [0.29, 0.717) is 6.04 Å². The lowest BCUT2D eigenvalue weighted by Crippen LogP contribution is -2.13. The normalized spacial score (nSPS) is 23.1. The molecule has 3 rings (SSSR count). The van der Waals surface area contributed by atoms with Crippen LogP contribution in [0, 0.1) is 5.92 Å². The van der Waals surface area contributed by atoms with Crippen LogP contribution in [0.1, 0.15) is 37.3 Å². The third kappa shape index (κ3) is 2.61. The molecular formula is C15H21NO2. The zero-order valence-electron chi connectivity index (χ0n) is 10.9. The van der Waals surface area contributed by atoms with Crippen molar-refractivity contribution in [1.82, 2.24) is 5.32 Å². The van der Waals surface area contributed by atoms with E-state index in [1.807, 2.05) is 0 Å². The van der Waals surface area contributed by atoms with Gasteiger partial charge in [-0.05, 0) is 55.8 Å². The maximum absolute atomic E-state index is 5.82. The summed E-state index contributed by atoms with van der Waals surface area (Å²) in [6.07, 6.45) is 5.09. The number of rotatable bonds is 5. The molecule has 1 aliphatic heterocycles. The summed E-state index contributed by atoms with van der Waals surface area (Å²) in [7, 11) is 1.71. The van der Waals surface area contributed by atoms with Crippen molar-refractivity contribution < 1.29 is 9.47 Å². The fraction of sp³-hybridized carbons (Fsp3) is 0.600. The Bertz CT molecular complexity index is 409. The third-order valence-corrected chi connectivity index (χ3v) is 3.82. The molecule has 1 aromatic carbocycles. The predicted molar refractivity (Wildman–Crippen MR) is 71.2 cm³/mol. The fourth-order valence-corrected chi connectivity index (χ4v) is 2.48. The molecule has 3 nitrogen and oxygen atoms in total. The number of hydrogen-bond donors (Lipinski definition) is 1. The zero-order chi connectivity index (χ0) is 12.4. The minimum absolute atomic E-state index is 0.483. The highest BCUT2D eigenvalue weighted by molar-refractivity contribution is 5.44. The quantitative estimate of drug-likeness (QED) is 0.868. The monoisotopic (exact) mass is 247 g/mol. The molecule has 1 aliphatic carbocycles. The van der Waals surface area contributed by atoms with E-state index in [4.69, 9.17) is 9.47 Å². The van der Waals surface area contributed by atoms with Crippen molar-refractivity contribution >= 4 is 0 Å². The van der Waals surface area contributed by atoms with Gasteiger partial charge in [0.1, 0.15) is 0 Å². The van der Waals surface area contributed by atoms with Crippen LogP contribution in [0.3, 0.4) is 0 Å². The first-order valence-electron chi connectivity index (χ1n) is 6.91. The van der Waals surface area contributed by atoms with E-state index < -0.39 is 0 Å². The molecule has 0 amide bonds. The number of hydrogen-bond acceptors (Lipinski definition) is 3. The molecule has 3 heteroatoms. The van der Waals surface area contributed by atoms with Crippen molar-refractivity contribution in [3.05, 3.63) is 23.8 Å². The first-order valence-corrected chi connectivity index (χ1v) is 6.91. The zero-order valence-corrected chi connectivity index (χ0v) is 10.9. The van der Waals surface area contributed by atoms with E-state index in [2.05, 4.69) is 23.5 Å². The van der Waals surface area contributed by atoms with Gasteiger partial charge in [-0.25, -0.2) is 0 Å². The van der Waals surface area contributed by atoms with Crippen molar-refractivity contribution in [1.29, 1.82) is 0 Å². The Kier molecular flexibility index (Phi) is 3.41. The lowest BCUT2D eigenvalue weighted by Gasteiger charge is -2.15. The second kappa shape index (κ2) is 5.19. The average Bonchev–Trinajstić information content (AvgIpc) is 3.08. The SMILES string of the molecule is COc1cc(C2CCCN2)ccc1OCC1CC1. The summed E-state index contributed by atoms with van der Waals surface area (Å²) < 4.78 is 11.3. The summed E-state index contributed by atoms with van der Waals surface area (Å²) in [5.74, 6) is 2.51. The van der Waals surface area contributed by atoms with Crippen LogP contribution in [0.5, 0.6) is 11.5 Å². The molecule has 18 heavy (non-hydrogen) atoms. The molecule has 0 aromatic heterocycles. The van der Waals surface area contributed by atoms with E-state index in [1.54, 1.807) is 7.11 Å². The summed E-state index contributed by atoms with van der Waals surface area (Å²) in [5, 5.41) is 3.51. The topological polar surface area (TPSA) is 30.5 Å². The van der Waals surface area contributed by atoms with Crippen LogP contribution >= 0.6 is 0 Å². The van der Waals surface area contributed by atoms with Crippen LogP contribution in [-0.2, 0) is 0 Å². The van der Waals surface area contributed by atoms with Gasteiger partial charge in [-0.15, -0.1) is 0 Å². The van der Waals surface area contributed by atoms with Gasteiger partial charge in [0.25, 0.3) is 0 Å². The Morgan fingerprint density at radius 2 is 2.11 bits per heavy atom. The van der Waals surface area contributed by atoms with Gasteiger partial charge in [-0.3, -0.25) is 0 Å². The van der Waals surface area contributed by atoms with Gasteiger partial charge in [-0.1, -0.05) is 6.07 Å². The molecular weight excluding hydrogens is 226 g/mol. The predicted octanol–water partition coefficient (Wildman–Crippen LogP) is 2.91. The van der Waals surface area contributed by atoms with E-state index in [0.717, 1.165) is 30.6 Å². The van der Waals surface area contributed by atoms with Crippen LogP contribution in [0.25, 0.3) is 0 Å². The first kappa shape index (κ1) is 11.8. The van der Waals surface area contributed by atoms with E-state index >= 15 is 0 Å². The molecule has 2 fully saturated rings. The van der Waals surface area contributed by atoms with Gasteiger partial charge in [-0.2, -0.15) is 0 Å². The van der Waals surface area contributed by atoms with Crippen molar-refractivity contribution in [3.8, 4) is 11.5 Å². The molecule has 0 bridgehead atoms. The maximum Gasteiger partial charge on any atom is 0.161 e. The van der Waals surface area contributed by atoms with Crippen molar-refractivity contribution in [3.63, 3.8) is 0 Å². The lowest BCUT2D eigenvalue weighted by atomic mass is 10.0. The van der Waals surface area contributed by atoms with Crippen LogP contribution in [0.4, 0.5) is 0 Å². The molecule has 0 spiro atoms. The second-order valence-electron chi connectivity index (χ2n) is 5.31. The van der Waals surface area contributed by atoms with E-state index in [-0.39, 0.29) is 0 Å². The molecule has 1 saturated heterocycles. The molecule has 1 saturated carbocycles. The van der Waals surface area contributed by atoms with Crippen molar-refractivity contribution in [2.24, 2.45) is 5.92 Å². The fourth-order valence-electron chi connectivity index (χ4n) is 2.48. The summed E-state index contributed by atoms with van der Waals surface area (Å²) in [6, 6.07) is 6.81. The Labute approximate surface area is 108 Å². The molecule has 2 aliphatic rings. The third-order valence-electron chi connectivity index (χ3n) is 3.82. The van der Waals surface area contributed by atoms with E-state index in [1.165, 1.54) is 31.2 Å². The minimum atomic E-state index is 0.483. The van der Waals surface area contributed by atoms with Crippen LogP contribution in [0.2, 0.25) is 0 Å². The van der Waals surface area contributed by atoms with Gasteiger partial charge in [0.2, 0.25) is 0 Å². The maximum atomic E-state index is 5.82. The van der Waals surface area contributed by atoms with E-state index in [9.17, 15) is 0 Å². The largest absolute Gasteiger partial charge is 0.493 e. The molecule has 98 valence electrons. The lowest BCUT2D eigenvalue weighted by molar-refractivity contribution is 0.280. The standard InChI is InChI=1S/C15H21NO2/c1-17-15-9-12(13-3-2-8-16-13)6-7-14(15)18-10-11-4-5-11/h6-7,9,11,13,16H,2-5,8,10H2,1H3. The molecule has 1 unspecified atom stereocenters. The van der Waals surface area contributed by atoms with Gasteiger partial charge < -0.3 is 14.8 Å². The first-order chi connectivity index (χ1) is 8.86. The number of ether oxygens (including phenoxy) is 2. The highest BCUT2D eigenvalue weighted by Crippen LogP contribution is 2.35. The molecule has 1 N–H and O–H groups in total. The van der Waals surface area contributed by atoms with Crippen LogP contribution in [-0.4, -0.2) is 20.3 Å². The summed E-state index contributed by atoms with van der Waals surface area (Å²) in [4.78, 5) is 0. The van der Waals surface area contributed by atoms with Gasteiger partial charge >= 0.3 is 0 Å². The summed E-state index contributed by atoms with van der Waals surface area (Å²) >= 11 is 0. The summed E-state index contributed by atoms with van der Waals surface area (Å²) in [6.45, 7) is 1.95. The Hall–Kier alpha value is -1.22. The minimum Gasteiger partial charge on any atom is -0.493 e. The number of benzene rings is 1. The second-order valence-corrected chi connectivity index (χ2v) is 5.31. The smallest absolute Gasteiger partial charge is 0.161 e. The van der Waals surface area contributed by atoms with Gasteiger partial charge in [0.15, 0.2) is 11.5 Å². The molecule has 0 radical (unpaired) electrons. The highest BCUT2D eigenvalue weighted by atomic mass is 16.5. The Balaban J connectivity index is 1.73. The highest BCUT2D eigenvalue weighted by Gasteiger charge is 2.23.